The van der Waals surface area contributed by atoms with Crippen molar-refractivity contribution in [3.05, 3.63) is 29.8 Å². The number of carbonyl (C=O) groups excluding carboxylic acids is 2. The monoisotopic (exact) mass is 360 g/mol. The lowest BCUT2D eigenvalue weighted by atomic mass is 9.98. The van der Waals surface area contributed by atoms with Gasteiger partial charge in [-0.1, -0.05) is 38.5 Å². The van der Waals surface area contributed by atoms with E-state index in [1.165, 1.54) is 0 Å². The molecule has 1 atom stereocenters. The van der Waals surface area contributed by atoms with Crippen LogP contribution in [0.4, 0.5) is 0 Å². The van der Waals surface area contributed by atoms with Crippen LogP contribution in [0.5, 0.6) is 5.75 Å². The maximum atomic E-state index is 12.0. The summed E-state index contributed by atoms with van der Waals surface area (Å²) in [6.07, 6.45) is 5.69. The summed E-state index contributed by atoms with van der Waals surface area (Å²) in [7, 11) is 0. The Hall–Kier alpha value is -2.04. The highest BCUT2D eigenvalue weighted by atomic mass is 16.5. The van der Waals surface area contributed by atoms with Gasteiger partial charge in [-0.2, -0.15) is 0 Å². The number of carbonyl (C=O) groups is 2. The van der Waals surface area contributed by atoms with Gasteiger partial charge in [-0.15, -0.1) is 0 Å². The molecule has 1 aliphatic rings. The summed E-state index contributed by atoms with van der Waals surface area (Å²) >= 11 is 0. The van der Waals surface area contributed by atoms with Crippen molar-refractivity contribution in [2.75, 3.05) is 26.2 Å². The zero-order chi connectivity index (χ0) is 18.8. The highest BCUT2D eigenvalue weighted by molar-refractivity contribution is 5.77. The molecule has 1 unspecified atom stereocenters. The van der Waals surface area contributed by atoms with Crippen LogP contribution in [-0.4, -0.2) is 43.0 Å². The van der Waals surface area contributed by atoms with Crippen molar-refractivity contribution >= 4 is 11.8 Å². The Balaban J connectivity index is 1.69. The largest absolute Gasteiger partial charge is 0.483 e. The molecule has 1 N–H and O–H groups in total. The van der Waals surface area contributed by atoms with Crippen molar-refractivity contribution in [1.82, 2.24) is 10.2 Å². The minimum atomic E-state index is -0.119. The first kappa shape index (κ1) is 20.3. The van der Waals surface area contributed by atoms with Crippen molar-refractivity contribution in [2.45, 2.75) is 58.3 Å². The molecule has 0 spiro atoms. The van der Waals surface area contributed by atoms with E-state index in [1.807, 2.05) is 23.1 Å². The van der Waals surface area contributed by atoms with Gasteiger partial charge in [-0.05, 0) is 43.2 Å². The standard InChI is InChI=1S/C21H32N2O3/c1-3-17(2)18-10-6-7-11-19(18)26-16-20(24)22-13-9-15-23-14-8-4-5-12-21(23)25/h6-7,10-11,17H,3-5,8-9,12-16H2,1-2H3,(H,22,24). The van der Waals surface area contributed by atoms with E-state index in [9.17, 15) is 9.59 Å². The lowest BCUT2D eigenvalue weighted by Gasteiger charge is -2.20. The van der Waals surface area contributed by atoms with Crippen molar-refractivity contribution in [1.29, 1.82) is 0 Å². The van der Waals surface area contributed by atoms with Crippen molar-refractivity contribution in [2.24, 2.45) is 0 Å². The number of nitrogens with one attached hydrogen (secondary N) is 1. The van der Waals surface area contributed by atoms with Crippen LogP contribution in [-0.2, 0) is 9.59 Å². The summed E-state index contributed by atoms with van der Waals surface area (Å²) in [4.78, 5) is 25.9. The molecule has 0 aliphatic carbocycles. The molecule has 0 radical (unpaired) electrons. The molecule has 1 aromatic carbocycles. The van der Waals surface area contributed by atoms with Gasteiger partial charge in [0, 0.05) is 26.1 Å². The SMILES string of the molecule is CCC(C)c1ccccc1OCC(=O)NCCCN1CCCCCC1=O. The third kappa shape index (κ3) is 6.36. The third-order valence-electron chi connectivity index (χ3n) is 5.02. The highest BCUT2D eigenvalue weighted by Crippen LogP contribution is 2.28. The predicted molar refractivity (Wildman–Crippen MR) is 103 cm³/mol. The number of hydrogen-bond acceptors (Lipinski definition) is 3. The molecule has 2 rings (SSSR count). The lowest BCUT2D eigenvalue weighted by Crippen LogP contribution is -2.35. The van der Waals surface area contributed by atoms with Crippen molar-refractivity contribution in [3.8, 4) is 5.75 Å². The first-order valence-electron chi connectivity index (χ1n) is 9.88. The summed E-state index contributed by atoms with van der Waals surface area (Å²) in [6.45, 7) is 6.46. The number of para-hydroxylation sites is 1. The topological polar surface area (TPSA) is 58.6 Å². The molecule has 2 amide bonds. The Kier molecular flexibility index (Phi) is 8.45. The van der Waals surface area contributed by atoms with Gasteiger partial charge in [0.25, 0.3) is 5.91 Å². The van der Waals surface area contributed by atoms with E-state index in [1.54, 1.807) is 0 Å². The van der Waals surface area contributed by atoms with Crippen LogP contribution in [0.25, 0.3) is 0 Å². The maximum absolute atomic E-state index is 12.0. The molecule has 0 saturated carbocycles. The number of ether oxygens (including phenoxy) is 1. The highest BCUT2D eigenvalue weighted by Gasteiger charge is 2.16. The molecule has 144 valence electrons. The van der Waals surface area contributed by atoms with Gasteiger partial charge in [0.1, 0.15) is 5.75 Å². The molecule has 26 heavy (non-hydrogen) atoms. The minimum Gasteiger partial charge on any atom is -0.483 e. The van der Waals surface area contributed by atoms with Gasteiger partial charge >= 0.3 is 0 Å². The summed E-state index contributed by atoms with van der Waals surface area (Å²) in [5.41, 5.74) is 1.14. The van der Waals surface area contributed by atoms with E-state index >= 15 is 0 Å². The fourth-order valence-electron chi connectivity index (χ4n) is 3.21. The zero-order valence-corrected chi connectivity index (χ0v) is 16.1. The number of rotatable bonds is 9. The Labute approximate surface area is 157 Å². The van der Waals surface area contributed by atoms with E-state index < -0.39 is 0 Å². The number of amides is 2. The second-order valence-electron chi connectivity index (χ2n) is 7.03. The summed E-state index contributed by atoms with van der Waals surface area (Å²) in [5.74, 6) is 1.32. The van der Waals surface area contributed by atoms with Gasteiger partial charge < -0.3 is 15.0 Å². The Morgan fingerprint density at radius 1 is 1.27 bits per heavy atom. The molecule has 5 heteroatoms. The smallest absolute Gasteiger partial charge is 0.257 e. The molecular formula is C21H32N2O3. The normalized spacial score (nSPS) is 16.1. The molecule has 1 aromatic rings. The second kappa shape index (κ2) is 10.8. The fraction of sp³-hybridized carbons (Fsp3) is 0.619. The summed E-state index contributed by atoms with van der Waals surface area (Å²) in [5, 5.41) is 2.88. The van der Waals surface area contributed by atoms with Crippen LogP contribution in [0.2, 0.25) is 0 Å². The van der Waals surface area contributed by atoms with Crippen LogP contribution in [0.3, 0.4) is 0 Å². The Bertz CT molecular complexity index is 588. The van der Waals surface area contributed by atoms with Gasteiger partial charge in [0.2, 0.25) is 5.91 Å². The third-order valence-corrected chi connectivity index (χ3v) is 5.02. The van der Waals surface area contributed by atoms with Gasteiger partial charge in [-0.25, -0.2) is 0 Å². The molecule has 1 heterocycles. The van der Waals surface area contributed by atoms with Crippen LogP contribution >= 0.6 is 0 Å². The van der Waals surface area contributed by atoms with Crippen LogP contribution < -0.4 is 10.1 Å². The van der Waals surface area contributed by atoms with Gasteiger partial charge in [0.15, 0.2) is 6.61 Å². The number of hydrogen-bond donors (Lipinski definition) is 1. The van der Waals surface area contributed by atoms with Gasteiger partial charge in [0.05, 0.1) is 0 Å². The molecule has 1 saturated heterocycles. The summed E-state index contributed by atoms with van der Waals surface area (Å²) < 4.78 is 5.73. The second-order valence-corrected chi connectivity index (χ2v) is 7.03. The quantitative estimate of drug-likeness (QED) is 0.686. The predicted octanol–water partition coefficient (Wildman–Crippen LogP) is 3.49. The van der Waals surface area contributed by atoms with Crippen LogP contribution in [0.15, 0.2) is 24.3 Å². The van der Waals surface area contributed by atoms with Crippen molar-refractivity contribution < 1.29 is 14.3 Å². The molecule has 1 aliphatic heterocycles. The van der Waals surface area contributed by atoms with Crippen LogP contribution in [0, 0.1) is 0 Å². The average molecular weight is 360 g/mol. The molecule has 5 nitrogen and oxygen atoms in total. The van der Waals surface area contributed by atoms with Crippen LogP contribution in [0.1, 0.15) is 63.9 Å². The van der Waals surface area contributed by atoms with Gasteiger partial charge in [-0.3, -0.25) is 9.59 Å². The molecule has 0 bridgehead atoms. The zero-order valence-electron chi connectivity index (χ0n) is 16.1. The van der Waals surface area contributed by atoms with E-state index in [0.717, 1.165) is 56.5 Å². The van der Waals surface area contributed by atoms with E-state index in [4.69, 9.17) is 4.74 Å². The number of benzene rings is 1. The first-order chi connectivity index (χ1) is 12.6. The summed E-state index contributed by atoms with van der Waals surface area (Å²) in [6, 6.07) is 7.90. The van der Waals surface area contributed by atoms with E-state index in [0.29, 0.717) is 18.9 Å². The maximum Gasteiger partial charge on any atom is 0.257 e. The average Bonchev–Trinajstić information content (AvgIpc) is 2.87. The van der Waals surface area contributed by atoms with E-state index in [-0.39, 0.29) is 18.4 Å². The molecule has 0 aromatic heterocycles. The number of likely N-dealkylation sites (tertiary alicyclic amines) is 1. The molecule has 1 fully saturated rings. The fourth-order valence-corrected chi connectivity index (χ4v) is 3.21. The minimum absolute atomic E-state index is 0.0239. The van der Waals surface area contributed by atoms with E-state index in [2.05, 4.69) is 25.2 Å². The number of nitrogens with zero attached hydrogens (tertiary/aromatic N) is 1. The first-order valence-corrected chi connectivity index (χ1v) is 9.88. The lowest BCUT2D eigenvalue weighted by molar-refractivity contribution is -0.130. The molecular weight excluding hydrogens is 328 g/mol. The van der Waals surface area contributed by atoms with Crippen molar-refractivity contribution in [3.63, 3.8) is 0 Å². The Morgan fingerprint density at radius 2 is 2.08 bits per heavy atom. The Morgan fingerprint density at radius 3 is 2.88 bits per heavy atom.